The molecule has 2 rings (SSSR count). The van der Waals surface area contributed by atoms with E-state index in [1.165, 1.54) is 0 Å². The summed E-state index contributed by atoms with van der Waals surface area (Å²) in [5, 5.41) is 0. The molecular weight excluding hydrogens is 286 g/mol. The number of hydrogen-bond acceptors (Lipinski definition) is 3. The van der Waals surface area contributed by atoms with Gasteiger partial charge in [-0.25, -0.2) is 8.42 Å². The highest BCUT2D eigenvalue weighted by molar-refractivity contribution is 7.89. The maximum absolute atomic E-state index is 12.8. The van der Waals surface area contributed by atoms with Gasteiger partial charge in [-0.15, -0.1) is 0 Å². The second-order valence-electron chi connectivity index (χ2n) is 6.48. The van der Waals surface area contributed by atoms with Crippen LogP contribution in [0.4, 0.5) is 0 Å². The van der Waals surface area contributed by atoms with Crippen molar-refractivity contribution >= 4 is 10.0 Å². The smallest absolute Gasteiger partial charge is 0.244 e. The largest absolute Gasteiger partial charge is 0.346 e. The van der Waals surface area contributed by atoms with E-state index in [0.717, 1.165) is 12.1 Å². The van der Waals surface area contributed by atoms with Gasteiger partial charge in [-0.1, -0.05) is 13.8 Å². The van der Waals surface area contributed by atoms with Crippen molar-refractivity contribution in [3.8, 4) is 0 Å². The summed E-state index contributed by atoms with van der Waals surface area (Å²) in [4.78, 5) is 0.374. The van der Waals surface area contributed by atoms with Gasteiger partial charge >= 0.3 is 0 Å². The minimum Gasteiger partial charge on any atom is -0.346 e. The second-order valence-corrected chi connectivity index (χ2v) is 8.42. The summed E-state index contributed by atoms with van der Waals surface area (Å²) >= 11 is 0. The molecule has 120 valence electrons. The zero-order valence-corrected chi connectivity index (χ0v) is 14.2. The molecule has 5 nitrogen and oxygen atoms in total. The molecule has 21 heavy (non-hydrogen) atoms. The average Bonchev–Trinajstić information content (AvgIpc) is 2.86. The van der Waals surface area contributed by atoms with Crippen LogP contribution in [0.15, 0.2) is 17.2 Å². The maximum atomic E-state index is 12.8. The molecule has 2 heterocycles. The molecule has 0 saturated carbocycles. The van der Waals surface area contributed by atoms with E-state index in [1.54, 1.807) is 16.6 Å². The van der Waals surface area contributed by atoms with Crippen molar-refractivity contribution in [1.29, 1.82) is 0 Å². The van der Waals surface area contributed by atoms with Gasteiger partial charge in [0.05, 0.1) is 0 Å². The van der Waals surface area contributed by atoms with E-state index in [-0.39, 0.29) is 6.04 Å². The van der Waals surface area contributed by atoms with Crippen LogP contribution in [0.5, 0.6) is 0 Å². The van der Waals surface area contributed by atoms with Crippen molar-refractivity contribution in [2.24, 2.45) is 17.6 Å². The fraction of sp³-hybridized carbons (Fsp3) is 0.733. The highest BCUT2D eigenvalue weighted by Crippen LogP contribution is 2.28. The van der Waals surface area contributed by atoms with E-state index in [0.29, 0.717) is 36.4 Å². The lowest BCUT2D eigenvalue weighted by atomic mass is 9.90. The standard InChI is InChI=1S/C15H27N3O2S/c1-11(2)18-10-15(7-14(18)8-16)21(19,20)17-6-5-12(3)13(4)9-17/h7,10-13H,5-6,8-9,16H2,1-4H3. The van der Waals surface area contributed by atoms with E-state index in [9.17, 15) is 8.42 Å². The molecule has 0 bridgehead atoms. The predicted octanol–water partition coefficient (Wildman–Crippen LogP) is 2.19. The van der Waals surface area contributed by atoms with Crippen LogP contribution in [-0.4, -0.2) is 30.4 Å². The molecule has 0 aliphatic carbocycles. The van der Waals surface area contributed by atoms with Gasteiger partial charge in [0.15, 0.2) is 0 Å². The third-order valence-electron chi connectivity index (χ3n) is 4.61. The molecule has 1 aliphatic heterocycles. The third kappa shape index (κ3) is 3.17. The molecule has 0 spiro atoms. The summed E-state index contributed by atoms with van der Waals surface area (Å²) in [6.45, 7) is 9.93. The van der Waals surface area contributed by atoms with Gasteiger partial charge in [0.1, 0.15) is 4.90 Å². The number of nitrogens with zero attached hydrogens (tertiary/aromatic N) is 2. The number of piperidine rings is 1. The first-order valence-corrected chi connectivity index (χ1v) is 9.12. The number of rotatable bonds is 4. The molecule has 2 unspecified atom stereocenters. The first-order valence-electron chi connectivity index (χ1n) is 7.68. The van der Waals surface area contributed by atoms with Crippen LogP contribution in [0.25, 0.3) is 0 Å². The third-order valence-corrected chi connectivity index (χ3v) is 6.44. The summed E-state index contributed by atoms with van der Waals surface area (Å²) in [7, 11) is -3.41. The monoisotopic (exact) mass is 313 g/mol. The lowest BCUT2D eigenvalue weighted by Crippen LogP contribution is -2.42. The number of hydrogen-bond donors (Lipinski definition) is 1. The zero-order valence-electron chi connectivity index (χ0n) is 13.4. The fourth-order valence-corrected chi connectivity index (χ4v) is 4.48. The highest BCUT2D eigenvalue weighted by Gasteiger charge is 2.32. The Labute approximate surface area is 128 Å². The van der Waals surface area contributed by atoms with Gasteiger partial charge in [0.25, 0.3) is 0 Å². The van der Waals surface area contributed by atoms with Crippen LogP contribution >= 0.6 is 0 Å². The SMILES string of the molecule is CC1CCN(S(=O)(=O)c2cc(CN)n(C(C)C)c2)CC1C. The van der Waals surface area contributed by atoms with Crippen LogP contribution in [0.3, 0.4) is 0 Å². The Morgan fingerprint density at radius 3 is 2.48 bits per heavy atom. The molecule has 1 aromatic heterocycles. The van der Waals surface area contributed by atoms with Gasteiger partial charge in [-0.05, 0) is 38.2 Å². The normalized spacial score (nSPS) is 24.7. The molecule has 1 saturated heterocycles. The van der Waals surface area contributed by atoms with Crippen molar-refractivity contribution in [3.05, 3.63) is 18.0 Å². The molecule has 2 N–H and O–H groups in total. The Bertz CT molecular complexity index is 592. The molecular formula is C15H27N3O2S. The molecule has 0 aromatic carbocycles. The van der Waals surface area contributed by atoms with Crippen molar-refractivity contribution in [2.75, 3.05) is 13.1 Å². The van der Waals surface area contributed by atoms with E-state index < -0.39 is 10.0 Å². The van der Waals surface area contributed by atoms with Crippen molar-refractivity contribution < 1.29 is 8.42 Å². The minimum absolute atomic E-state index is 0.202. The van der Waals surface area contributed by atoms with Gasteiger partial charge in [-0.3, -0.25) is 0 Å². The van der Waals surface area contributed by atoms with Crippen LogP contribution in [0, 0.1) is 11.8 Å². The lowest BCUT2D eigenvalue weighted by Gasteiger charge is -2.34. The van der Waals surface area contributed by atoms with Crippen LogP contribution in [-0.2, 0) is 16.6 Å². The predicted molar refractivity (Wildman–Crippen MR) is 84.4 cm³/mol. The van der Waals surface area contributed by atoms with Crippen molar-refractivity contribution in [3.63, 3.8) is 0 Å². The lowest BCUT2D eigenvalue weighted by molar-refractivity contribution is 0.212. The number of sulfonamides is 1. The summed E-state index contributed by atoms with van der Waals surface area (Å²) in [6, 6.07) is 1.92. The highest BCUT2D eigenvalue weighted by atomic mass is 32.2. The molecule has 2 atom stereocenters. The Hall–Kier alpha value is -0.850. The van der Waals surface area contributed by atoms with E-state index >= 15 is 0 Å². The quantitative estimate of drug-likeness (QED) is 0.926. The van der Waals surface area contributed by atoms with E-state index in [1.807, 2.05) is 18.4 Å². The van der Waals surface area contributed by atoms with Crippen molar-refractivity contribution in [1.82, 2.24) is 8.87 Å². The first-order chi connectivity index (χ1) is 9.77. The summed E-state index contributed by atoms with van der Waals surface area (Å²) in [5.41, 5.74) is 6.60. The summed E-state index contributed by atoms with van der Waals surface area (Å²) < 4.78 is 29.2. The Kier molecular flexibility index (Phi) is 4.80. The van der Waals surface area contributed by atoms with Gasteiger partial charge in [0, 0.05) is 37.6 Å². The number of aromatic nitrogens is 1. The molecule has 1 aromatic rings. The summed E-state index contributed by atoms with van der Waals surface area (Å²) in [5.74, 6) is 0.978. The zero-order chi connectivity index (χ0) is 15.8. The number of nitrogens with two attached hydrogens (primary N) is 1. The summed E-state index contributed by atoms with van der Waals surface area (Å²) in [6.07, 6.45) is 2.65. The molecule has 1 fully saturated rings. The molecule has 0 amide bonds. The second kappa shape index (κ2) is 6.10. The Morgan fingerprint density at radius 1 is 1.33 bits per heavy atom. The topological polar surface area (TPSA) is 68.3 Å². The van der Waals surface area contributed by atoms with Crippen LogP contribution in [0.2, 0.25) is 0 Å². The van der Waals surface area contributed by atoms with E-state index in [2.05, 4.69) is 13.8 Å². The van der Waals surface area contributed by atoms with E-state index in [4.69, 9.17) is 5.73 Å². The van der Waals surface area contributed by atoms with Crippen LogP contribution < -0.4 is 5.73 Å². The Morgan fingerprint density at radius 2 is 2.00 bits per heavy atom. The van der Waals surface area contributed by atoms with Gasteiger partial charge in [0.2, 0.25) is 10.0 Å². The molecule has 6 heteroatoms. The maximum Gasteiger partial charge on any atom is 0.244 e. The van der Waals surface area contributed by atoms with Gasteiger partial charge in [-0.2, -0.15) is 4.31 Å². The van der Waals surface area contributed by atoms with Gasteiger partial charge < -0.3 is 10.3 Å². The fourth-order valence-electron chi connectivity index (χ4n) is 2.87. The first kappa shape index (κ1) is 16.5. The average molecular weight is 313 g/mol. The molecule has 1 aliphatic rings. The minimum atomic E-state index is -3.41. The van der Waals surface area contributed by atoms with Crippen LogP contribution in [0.1, 0.15) is 45.9 Å². The molecule has 0 radical (unpaired) electrons. The van der Waals surface area contributed by atoms with Crippen molar-refractivity contribution in [2.45, 2.75) is 51.6 Å². The Balaban J connectivity index is 2.32.